The van der Waals surface area contributed by atoms with Crippen molar-refractivity contribution in [2.45, 2.75) is 0 Å². The first-order valence-electron chi connectivity index (χ1n) is 4.05. The van der Waals surface area contributed by atoms with Gasteiger partial charge >= 0.3 is 11.4 Å². The van der Waals surface area contributed by atoms with E-state index >= 15 is 0 Å². The summed E-state index contributed by atoms with van der Waals surface area (Å²) in [7, 11) is 0. The van der Waals surface area contributed by atoms with E-state index in [2.05, 4.69) is 10.2 Å². The monoisotopic (exact) mass is 279 g/mol. The van der Waals surface area contributed by atoms with Gasteiger partial charge in [0, 0.05) is 5.02 Å². The molecule has 2 aromatic rings. The van der Waals surface area contributed by atoms with Crippen LogP contribution >= 0.6 is 34.8 Å². The summed E-state index contributed by atoms with van der Waals surface area (Å²) in [5.74, 6) is 0. The third-order valence-electron chi connectivity index (χ3n) is 1.89. The fourth-order valence-corrected chi connectivity index (χ4v) is 2.25. The summed E-state index contributed by atoms with van der Waals surface area (Å²) < 4.78 is 0.793. The van der Waals surface area contributed by atoms with Crippen molar-refractivity contribution in [3.05, 3.63) is 48.2 Å². The van der Waals surface area contributed by atoms with Crippen LogP contribution in [0.25, 0.3) is 5.69 Å². The van der Waals surface area contributed by atoms with Gasteiger partial charge in [0.05, 0.1) is 15.7 Å². The van der Waals surface area contributed by atoms with Crippen molar-refractivity contribution in [2.75, 3.05) is 0 Å². The number of aromatic nitrogens is 3. The Hall–Kier alpha value is -1.17. The Balaban J connectivity index is 2.85. The van der Waals surface area contributed by atoms with E-state index in [1.807, 2.05) is 0 Å². The maximum Gasteiger partial charge on any atom is 0.349 e. The second-order valence-electron chi connectivity index (χ2n) is 2.91. The molecule has 1 heterocycles. The van der Waals surface area contributed by atoms with Crippen molar-refractivity contribution in [2.24, 2.45) is 0 Å². The van der Waals surface area contributed by atoms with Gasteiger partial charge in [0.15, 0.2) is 0 Å². The van der Waals surface area contributed by atoms with Crippen molar-refractivity contribution in [3.63, 3.8) is 0 Å². The molecule has 16 heavy (non-hydrogen) atoms. The maximum atomic E-state index is 11.4. The summed E-state index contributed by atoms with van der Waals surface area (Å²) in [6, 6.07) is 2.78. The van der Waals surface area contributed by atoms with Crippen molar-refractivity contribution < 1.29 is 0 Å². The second-order valence-corrected chi connectivity index (χ2v) is 4.16. The van der Waals surface area contributed by atoms with E-state index in [0.29, 0.717) is 5.02 Å². The fourth-order valence-electron chi connectivity index (χ4n) is 1.26. The average molecular weight is 280 g/mol. The molecule has 2 rings (SSSR count). The van der Waals surface area contributed by atoms with E-state index in [1.165, 1.54) is 12.1 Å². The molecule has 0 atom stereocenters. The number of aromatic amines is 2. The van der Waals surface area contributed by atoms with Crippen LogP contribution in [0.15, 0.2) is 21.7 Å². The molecular formula is C8H4Cl3N3O2. The lowest BCUT2D eigenvalue weighted by Gasteiger charge is -2.05. The van der Waals surface area contributed by atoms with Crippen molar-refractivity contribution in [3.8, 4) is 5.69 Å². The van der Waals surface area contributed by atoms with Gasteiger partial charge in [0.1, 0.15) is 0 Å². The van der Waals surface area contributed by atoms with E-state index in [0.717, 1.165) is 4.57 Å². The Morgan fingerprint density at radius 1 is 0.938 bits per heavy atom. The number of H-pyrrole nitrogens is 2. The predicted octanol–water partition coefficient (Wildman–Crippen LogP) is 1.81. The number of rotatable bonds is 1. The molecule has 8 heteroatoms. The number of benzene rings is 1. The smallest absolute Gasteiger partial charge is 0.247 e. The summed E-state index contributed by atoms with van der Waals surface area (Å²) in [5.41, 5.74) is -1.22. The molecule has 0 unspecified atom stereocenters. The summed E-state index contributed by atoms with van der Waals surface area (Å²) in [6.07, 6.45) is 0. The van der Waals surface area contributed by atoms with Gasteiger partial charge in [0.2, 0.25) is 0 Å². The Labute approximate surface area is 104 Å². The Kier molecular flexibility index (Phi) is 2.84. The Bertz CT molecular complexity index is 605. The average Bonchev–Trinajstić information content (AvgIpc) is 2.47. The zero-order valence-electron chi connectivity index (χ0n) is 7.55. The lowest BCUT2D eigenvalue weighted by molar-refractivity contribution is 0.952. The first-order valence-corrected chi connectivity index (χ1v) is 5.18. The highest BCUT2D eigenvalue weighted by atomic mass is 35.5. The van der Waals surface area contributed by atoms with Crippen LogP contribution in [-0.2, 0) is 0 Å². The molecule has 1 aromatic carbocycles. The summed E-state index contributed by atoms with van der Waals surface area (Å²) in [5, 5.41) is 4.80. The molecule has 0 saturated heterocycles. The van der Waals surface area contributed by atoms with E-state index in [-0.39, 0.29) is 15.7 Å². The number of halogens is 3. The van der Waals surface area contributed by atoms with Crippen LogP contribution in [0.4, 0.5) is 0 Å². The lowest BCUT2D eigenvalue weighted by Crippen LogP contribution is -2.25. The summed E-state index contributed by atoms with van der Waals surface area (Å²) in [4.78, 5) is 22.7. The van der Waals surface area contributed by atoms with Crippen LogP contribution in [0, 0.1) is 0 Å². The molecule has 0 fully saturated rings. The highest BCUT2D eigenvalue weighted by Gasteiger charge is 2.14. The second kappa shape index (κ2) is 4.01. The van der Waals surface area contributed by atoms with Crippen molar-refractivity contribution in [1.82, 2.24) is 14.8 Å². The molecule has 0 saturated carbocycles. The van der Waals surface area contributed by atoms with E-state index < -0.39 is 11.4 Å². The van der Waals surface area contributed by atoms with Crippen molar-refractivity contribution in [1.29, 1.82) is 0 Å². The molecule has 0 spiro atoms. The van der Waals surface area contributed by atoms with Crippen LogP contribution in [-0.4, -0.2) is 14.8 Å². The molecule has 0 amide bonds. The van der Waals surface area contributed by atoms with Crippen LogP contribution in [0.5, 0.6) is 0 Å². The van der Waals surface area contributed by atoms with Gasteiger partial charge in [-0.1, -0.05) is 34.8 Å². The summed E-state index contributed by atoms with van der Waals surface area (Å²) >= 11 is 17.5. The molecule has 84 valence electrons. The molecule has 0 radical (unpaired) electrons. The first kappa shape index (κ1) is 11.3. The minimum absolute atomic E-state index is 0.0974. The zero-order chi connectivity index (χ0) is 11.9. The molecular weight excluding hydrogens is 276 g/mol. The summed E-state index contributed by atoms with van der Waals surface area (Å²) in [6.45, 7) is 0. The highest BCUT2D eigenvalue weighted by Crippen LogP contribution is 2.30. The first-order chi connectivity index (χ1) is 7.50. The van der Waals surface area contributed by atoms with Crippen LogP contribution in [0.2, 0.25) is 15.1 Å². The van der Waals surface area contributed by atoms with Gasteiger partial charge < -0.3 is 0 Å². The number of nitrogens with zero attached hydrogens (tertiary/aromatic N) is 1. The van der Waals surface area contributed by atoms with Crippen LogP contribution < -0.4 is 11.4 Å². The molecule has 5 nitrogen and oxygen atoms in total. The van der Waals surface area contributed by atoms with Crippen LogP contribution in [0.3, 0.4) is 0 Å². The van der Waals surface area contributed by atoms with Gasteiger partial charge in [0.25, 0.3) is 0 Å². The highest BCUT2D eigenvalue weighted by molar-refractivity contribution is 6.40. The topological polar surface area (TPSA) is 70.7 Å². The number of hydrogen-bond donors (Lipinski definition) is 2. The molecule has 0 bridgehead atoms. The van der Waals surface area contributed by atoms with Gasteiger partial charge in [-0.25, -0.2) is 24.4 Å². The standard InChI is InChI=1S/C8H4Cl3N3O2/c9-3-1-4(10)6(5(11)2-3)14-7(15)12-13-8(14)16/h1-2H,(H,12,15)(H,13,16). The van der Waals surface area contributed by atoms with Gasteiger partial charge in [-0.05, 0) is 12.1 Å². The SMILES string of the molecule is O=c1[nH][nH]c(=O)n1-c1c(Cl)cc(Cl)cc1Cl. The van der Waals surface area contributed by atoms with E-state index in [1.54, 1.807) is 0 Å². The third-order valence-corrected chi connectivity index (χ3v) is 2.68. The largest absolute Gasteiger partial charge is 0.349 e. The number of nitrogens with one attached hydrogen (secondary N) is 2. The fraction of sp³-hybridized carbons (Fsp3) is 0. The molecule has 0 aliphatic heterocycles. The quantitative estimate of drug-likeness (QED) is 0.836. The normalized spacial score (nSPS) is 10.7. The van der Waals surface area contributed by atoms with E-state index in [4.69, 9.17) is 34.8 Å². The Morgan fingerprint density at radius 3 is 1.81 bits per heavy atom. The molecule has 2 N–H and O–H groups in total. The predicted molar refractivity (Wildman–Crippen MR) is 62.0 cm³/mol. The van der Waals surface area contributed by atoms with Gasteiger partial charge in [-0.3, -0.25) is 0 Å². The molecule has 0 aliphatic rings. The van der Waals surface area contributed by atoms with E-state index in [9.17, 15) is 9.59 Å². The molecule has 1 aromatic heterocycles. The van der Waals surface area contributed by atoms with Crippen molar-refractivity contribution >= 4 is 34.8 Å². The minimum atomic E-state index is -0.656. The van der Waals surface area contributed by atoms with Gasteiger partial charge in [-0.2, -0.15) is 0 Å². The third kappa shape index (κ3) is 1.77. The van der Waals surface area contributed by atoms with Crippen LogP contribution in [0.1, 0.15) is 0 Å². The zero-order valence-corrected chi connectivity index (χ0v) is 9.82. The lowest BCUT2D eigenvalue weighted by atomic mass is 10.3. The Morgan fingerprint density at radius 2 is 1.38 bits per heavy atom. The number of hydrogen-bond acceptors (Lipinski definition) is 2. The van der Waals surface area contributed by atoms with Gasteiger partial charge in [-0.15, -0.1) is 0 Å². The maximum absolute atomic E-state index is 11.4. The molecule has 0 aliphatic carbocycles. The minimum Gasteiger partial charge on any atom is -0.247 e.